The molecule has 0 aliphatic carbocycles. The molecule has 0 saturated carbocycles. The molecular weight excluding hydrogens is 178 g/mol. The molecule has 0 bridgehead atoms. The van der Waals surface area contributed by atoms with Crippen molar-refractivity contribution in [3.05, 3.63) is 24.6 Å². The molecule has 3 nitrogen and oxygen atoms in total. The van der Waals surface area contributed by atoms with Gasteiger partial charge in [-0.25, -0.2) is 0 Å². The highest BCUT2D eigenvalue weighted by atomic mass is 16.7. The molecule has 1 aliphatic heterocycles. The molecule has 1 amide bonds. The Morgan fingerprint density at radius 3 is 2.36 bits per heavy atom. The van der Waals surface area contributed by atoms with Crippen molar-refractivity contribution in [2.75, 3.05) is 0 Å². The Hall–Kier alpha value is -1.25. The van der Waals surface area contributed by atoms with Crippen LogP contribution >= 0.6 is 0 Å². The first-order valence-electron chi connectivity index (χ1n) is 4.70. The second-order valence-corrected chi connectivity index (χ2v) is 4.52. The number of nitrogens with zero attached hydrogens (tertiary/aromatic N) is 1. The van der Waals surface area contributed by atoms with Gasteiger partial charge in [-0.3, -0.25) is 4.79 Å². The first-order chi connectivity index (χ1) is 6.32. The van der Waals surface area contributed by atoms with Gasteiger partial charge in [-0.2, -0.15) is 0 Å². The molecule has 0 aromatic carbocycles. The Morgan fingerprint density at radius 2 is 2.00 bits per heavy atom. The van der Waals surface area contributed by atoms with Crippen LogP contribution in [-0.2, 0) is 9.63 Å². The molecule has 0 N–H and O–H groups in total. The second-order valence-electron chi connectivity index (χ2n) is 4.52. The van der Waals surface area contributed by atoms with E-state index in [2.05, 4.69) is 13.2 Å². The van der Waals surface area contributed by atoms with Crippen molar-refractivity contribution in [2.45, 2.75) is 33.6 Å². The molecule has 1 rings (SSSR count). The maximum atomic E-state index is 11.3. The Bertz CT molecular complexity index is 270. The van der Waals surface area contributed by atoms with Gasteiger partial charge in [0.25, 0.3) is 5.91 Å². The molecule has 1 heterocycles. The van der Waals surface area contributed by atoms with Gasteiger partial charge < -0.3 is 4.84 Å². The van der Waals surface area contributed by atoms with Gasteiger partial charge in [0.2, 0.25) is 0 Å². The highest BCUT2D eigenvalue weighted by molar-refractivity contribution is 5.79. The summed E-state index contributed by atoms with van der Waals surface area (Å²) in [6.45, 7) is 13.5. The summed E-state index contributed by atoms with van der Waals surface area (Å²) in [4.78, 5) is 16.7. The first-order valence-corrected chi connectivity index (χ1v) is 4.70. The van der Waals surface area contributed by atoms with Crippen LogP contribution in [-0.4, -0.2) is 11.0 Å². The van der Waals surface area contributed by atoms with E-state index in [0.717, 1.165) is 0 Å². The summed E-state index contributed by atoms with van der Waals surface area (Å²) < 4.78 is 0. The lowest BCUT2D eigenvalue weighted by Gasteiger charge is -2.26. The van der Waals surface area contributed by atoms with Crippen LogP contribution in [0.1, 0.15) is 33.6 Å². The number of carbonyl (C=O) groups is 1. The van der Waals surface area contributed by atoms with Crippen molar-refractivity contribution >= 4 is 5.91 Å². The minimum Gasteiger partial charge on any atom is -0.377 e. The van der Waals surface area contributed by atoms with Gasteiger partial charge in [0.1, 0.15) is 5.76 Å². The fraction of sp³-hybridized carbons (Fsp3) is 0.545. The van der Waals surface area contributed by atoms with Gasteiger partial charge >= 0.3 is 0 Å². The average molecular weight is 195 g/mol. The topological polar surface area (TPSA) is 29.5 Å². The van der Waals surface area contributed by atoms with Crippen LogP contribution in [0.25, 0.3) is 0 Å². The van der Waals surface area contributed by atoms with Crippen LogP contribution in [0.5, 0.6) is 0 Å². The molecular formula is C11H17NO2. The normalized spacial score (nSPS) is 17.5. The molecule has 1 saturated heterocycles. The molecule has 0 atom stereocenters. The fourth-order valence-electron chi connectivity index (χ4n) is 0.993. The Morgan fingerprint density at radius 1 is 1.43 bits per heavy atom. The smallest absolute Gasteiger partial charge is 0.260 e. The van der Waals surface area contributed by atoms with Crippen LogP contribution in [0.3, 0.4) is 0 Å². The van der Waals surface area contributed by atoms with E-state index >= 15 is 0 Å². The van der Waals surface area contributed by atoms with Crippen molar-refractivity contribution in [2.24, 2.45) is 5.41 Å². The molecule has 0 unspecified atom stereocenters. The lowest BCUT2D eigenvalue weighted by molar-refractivity contribution is -0.160. The Labute approximate surface area is 85.0 Å². The molecule has 78 valence electrons. The zero-order valence-corrected chi connectivity index (χ0v) is 9.09. The van der Waals surface area contributed by atoms with Gasteiger partial charge in [-0.15, -0.1) is 5.06 Å². The zero-order chi connectivity index (χ0) is 10.9. The maximum Gasteiger partial charge on any atom is 0.260 e. The Kier molecular flexibility index (Phi) is 2.69. The molecule has 0 aromatic heterocycles. The van der Waals surface area contributed by atoms with E-state index < -0.39 is 0 Å². The highest BCUT2D eigenvalue weighted by Crippen LogP contribution is 2.29. The molecule has 1 fully saturated rings. The van der Waals surface area contributed by atoms with Gasteiger partial charge in [0.05, 0.1) is 5.70 Å². The minimum absolute atomic E-state index is 0.0413. The number of allylic oxidation sites excluding steroid dienone is 2. The number of hydroxylamine groups is 2. The van der Waals surface area contributed by atoms with E-state index in [1.165, 1.54) is 5.06 Å². The summed E-state index contributed by atoms with van der Waals surface area (Å²) in [6, 6.07) is 0. The van der Waals surface area contributed by atoms with E-state index in [9.17, 15) is 4.79 Å². The maximum absolute atomic E-state index is 11.3. The number of carbonyl (C=O) groups excluding carboxylic acids is 1. The molecule has 0 spiro atoms. The third-order valence-corrected chi connectivity index (χ3v) is 2.18. The van der Waals surface area contributed by atoms with Gasteiger partial charge in [0, 0.05) is 11.8 Å². The highest BCUT2D eigenvalue weighted by Gasteiger charge is 2.29. The van der Waals surface area contributed by atoms with Crippen LogP contribution in [0.2, 0.25) is 0 Å². The largest absolute Gasteiger partial charge is 0.377 e. The van der Waals surface area contributed by atoms with Crippen LogP contribution < -0.4 is 0 Å². The van der Waals surface area contributed by atoms with Gasteiger partial charge in [0.15, 0.2) is 0 Å². The molecule has 3 heteroatoms. The molecule has 14 heavy (non-hydrogen) atoms. The summed E-state index contributed by atoms with van der Waals surface area (Å²) >= 11 is 0. The summed E-state index contributed by atoms with van der Waals surface area (Å²) in [5, 5.41) is 1.26. The van der Waals surface area contributed by atoms with Crippen molar-refractivity contribution in [1.29, 1.82) is 0 Å². The fourth-order valence-corrected chi connectivity index (χ4v) is 0.993. The summed E-state index contributed by atoms with van der Waals surface area (Å²) in [7, 11) is 0. The molecule has 1 aliphatic rings. The van der Waals surface area contributed by atoms with E-state index in [1.807, 2.05) is 20.8 Å². The van der Waals surface area contributed by atoms with Crippen LogP contribution in [0, 0.1) is 5.41 Å². The number of hydrogen-bond donors (Lipinski definition) is 0. The minimum atomic E-state index is -0.164. The monoisotopic (exact) mass is 195 g/mol. The SMILES string of the molecule is C=C1CCC(=O)N1OC(=C)C(C)(C)C. The lowest BCUT2D eigenvalue weighted by Crippen LogP contribution is -2.26. The number of rotatable bonds is 2. The quantitative estimate of drug-likeness (QED) is 0.634. The van der Waals surface area contributed by atoms with E-state index in [1.54, 1.807) is 0 Å². The predicted octanol–water partition coefficient (Wildman–Crippen LogP) is 2.61. The third-order valence-electron chi connectivity index (χ3n) is 2.18. The van der Waals surface area contributed by atoms with Gasteiger partial charge in [-0.1, -0.05) is 33.9 Å². The first kappa shape index (κ1) is 10.8. The second kappa shape index (κ2) is 3.48. The van der Waals surface area contributed by atoms with Crippen molar-refractivity contribution in [3.63, 3.8) is 0 Å². The van der Waals surface area contributed by atoms with E-state index in [4.69, 9.17) is 4.84 Å². The molecule has 0 radical (unpaired) electrons. The number of hydrogen-bond acceptors (Lipinski definition) is 2. The average Bonchev–Trinajstić information content (AvgIpc) is 2.34. The molecule has 0 aromatic rings. The van der Waals surface area contributed by atoms with Crippen LogP contribution in [0.4, 0.5) is 0 Å². The summed E-state index contributed by atoms with van der Waals surface area (Å²) in [6.07, 6.45) is 1.16. The third kappa shape index (κ3) is 2.16. The summed E-state index contributed by atoms with van der Waals surface area (Å²) in [5.74, 6) is 0.536. The summed E-state index contributed by atoms with van der Waals surface area (Å²) in [5.41, 5.74) is 0.545. The zero-order valence-electron chi connectivity index (χ0n) is 9.09. The predicted molar refractivity (Wildman–Crippen MR) is 54.9 cm³/mol. The standard InChI is InChI=1S/C11H17NO2/c1-8-6-7-10(13)12(8)14-9(2)11(3,4)5/h1-2,6-7H2,3-5H3. The van der Waals surface area contributed by atoms with Crippen molar-refractivity contribution in [3.8, 4) is 0 Å². The lowest BCUT2D eigenvalue weighted by atomic mass is 9.95. The van der Waals surface area contributed by atoms with Crippen LogP contribution in [0.15, 0.2) is 24.6 Å². The van der Waals surface area contributed by atoms with E-state index in [0.29, 0.717) is 24.3 Å². The number of amides is 1. The van der Waals surface area contributed by atoms with Crippen molar-refractivity contribution < 1.29 is 9.63 Å². The van der Waals surface area contributed by atoms with E-state index in [-0.39, 0.29) is 11.3 Å². The Balaban J connectivity index is 2.65. The van der Waals surface area contributed by atoms with Gasteiger partial charge in [-0.05, 0) is 6.42 Å². The van der Waals surface area contributed by atoms with Crippen molar-refractivity contribution in [1.82, 2.24) is 5.06 Å².